The molecule has 0 saturated carbocycles. The Balaban J connectivity index is 1.33. The van der Waals surface area contributed by atoms with Gasteiger partial charge in [0.05, 0.1) is 28.0 Å². The van der Waals surface area contributed by atoms with Crippen LogP contribution in [-0.4, -0.2) is 47.0 Å². The minimum absolute atomic E-state index is 0.0532. The quantitative estimate of drug-likeness (QED) is 0.632. The van der Waals surface area contributed by atoms with Crippen LogP contribution in [0.25, 0.3) is 0 Å². The molecular weight excluding hydrogens is 476 g/mol. The Morgan fingerprint density at radius 2 is 2.00 bits per heavy atom. The monoisotopic (exact) mass is 496 g/mol. The fourth-order valence-corrected chi connectivity index (χ4v) is 5.42. The van der Waals surface area contributed by atoms with Crippen molar-refractivity contribution in [3.63, 3.8) is 0 Å². The van der Waals surface area contributed by atoms with Crippen LogP contribution < -0.4 is 10.6 Å². The summed E-state index contributed by atoms with van der Waals surface area (Å²) in [5.41, 5.74) is 0.449. The number of nitrogens with one attached hydrogen (secondary N) is 2. The molecule has 1 aromatic carbocycles. The highest BCUT2D eigenvalue weighted by molar-refractivity contribution is 6.30. The third kappa shape index (κ3) is 3.87. The van der Waals surface area contributed by atoms with Gasteiger partial charge in [0.1, 0.15) is 5.82 Å². The summed E-state index contributed by atoms with van der Waals surface area (Å²) in [6.07, 6.45) is -2.42. The maximum Gasteiger partial charge on any atom is 0.414 e. The van der Waals surface area contributed by atoms with E-state index in [0.717, 1.165) is 10.5 Å². The molecule has 3 unspecified atom stereocenters. The van der Waals surface area contributed by atoms with E-state index in [4.69, 9.17) is 11.6 Å². The summed E-state index contributed by atoms with van der Waals surface area (Å²) >= 11 is 5.85. The molecule has 2 saturated heterocycles. The molecule has 1 spiro atoms. The summed E-state index contributed by atoms with van der Waals surface area (Å²) in [6.45, 7) is -0.0499. The first kappa shape index (κ1) is 22.9. The van der Waals surface area contributed by atoms with Crippen LogP contribution in [0.5, 0.6) is 0 Å². The van der Waals surface area contributed by atoms with Crippen molar-refractivity contribution in [1.29, 1.82) is 0 Å². The lowest BCUT2D eigenvalue weighted by Gasteiger charge is -2.31. The van der Waals surface area contributed by atoms with Crippen LogP contribution in [0.1, 0.15) is 35.7 Å². The Morgan fingerprint density at radius 3 is 2.65 bits per heavy atom. The molecule has 6 nitrogen and oxygen atoms in total. The van der Waals surface area contributed by atoms with E-state index in [1.54, 1.807) is 6.07 Å². The molecule has 1 aliphatic carbocycles. The zero-order valence-corrected chi connectivity index (χ0v) is 18.6. The molecule has 3 aliphatic rings. The number of likely N-dealkylation sites (tertiary alicyclic amines) is 1. The first-order valence-electron chi connectivity index (χ1n) is 10.9. The van der Waals surface area contributed by atoms with Gasteiger partial charge in [-0.15, -0.1) is 0 Å². The molecule has 0 radical (unpaired) electrons. The molecule has 34 heavy (non-hydrogen) atoms. The van der Waals surface area contributed by atoms with Gasteiger partial charge in [-0.1, -0.05) is 17.7 Å². The third-order valence-electron chi connectivity index (χ3n) is 6.94. The highest BCUT2D eigenvalue weighted by Gasteiger charge is 2.57. The number of benzene rings is 1. The zero-order chi connectivity index (χ0) is 24.3. The van der Waals surface area contributed by atoms with E-state index >= 15 is 0 Å². The van der Waals surface area contributed by atoms with Crippen LogP contribution in [0.4, 0.5) is 23.2 Å². The number of pyridine rings is 1. The van der Waals surface area contributed by atoms with Gasteiger partial charge in [0.25, 0.3) is 0 Å². The Kier molecular flexibility index (Phi) is 5.46. The largest absolute Gasteiger partial charge is 0.414 e. The fourth-order valence-electron chi connectivity index (χ4n) is 5.24. The van der Waals surface area contributed by atoms with E-state index in [-0.39, 0.29) is 48.6 Å². The summed E-state index contributed by atoms with van der Waals surface area (Å²) < 4.78 is 56.4. The van der Waals surface area contributed by atoms with Gasteiger partial charge < -0.3 is 15.5 Å². The van der Waals surface area contributed by atoms with Crippen LogP contribution in [-0.2, 0) is 22.4 Å². The van der Waals surface area contributed by atoms with Crippen molar-refractivity contribution in [3.8, 4) is 0 Å². The van der Waals surface area contributed by atoms with Gasteiger partial charge in [0.15, 0.2) is 6.04 Å². The van der Waals surface area contributed by atoms with Gasteiger partial charge in [0.2, 0.25) is 11.8 Å². The van der Waals surface area contributed by atoms with E-state index in [0.29, 0.717) is 24.1 Å². The number of aromatic nitrogens is 1. The lowest BCUT2D eigenvalue weighted by atomic mass is 9.85. The molecule has 2 aliphatic heterocycles. The lowest BCUT2D eigenvalue weighted by Crippen LogP contribution is -2.43. The Hall–Kier alpha value is -2.88. The standard InChI is InChI=1S/C23H21ClF4N4O2/c24-16-3-1-12-7-14(8-15(12)19(16)25)31-13-2-4-17(29-10-13)20(23(26,27)28)32-6-5-22(21(32)34)9-18(33)30-11-22/h1-4,10,14,20,31H,5-9,11H2,(H,30,33). The molecule has 2 fully saturated rings. The molecule has 2 N–H and O–H groups in total. The normalized spacial score (nSPS) is 25.1. The van der Waals surface area contributed by atoms with Crippen LogP contribution >= 0.6 is 11.6 Å². The van der Waals surface area contributed by atoms with Gasteiger partial charge in [-0.05, 0) is 48.6 Å². The van der Waals surface area contributed by atoms with Crippen LogP contribution in [0, 0.1) is 11.2 Å². The number of hydrogen-bond acceptors (Lipinski definition) is 4. The number of carbonyl (C=O) groups is 2. The summed E-state index contributed by atoms with van der Waals surface area (Å²) in [6, 6.07) is 3.65. The second-order valence-corrected chi connectivity index (χ2v) is 9.55. The summed E-state index contributed by atoms with van der Waals surface area (Å²) in [5.74, 6) is -1.46. The number of alkyl halides is 3. The predicted octanol–water partition coefficient (Wildman–Crippen LogP) is 3.80. The average Bonchev–Trinajstić information content (AvgIpc) is 3.45. The van der Waals surface area contributed by atoms with E-state index in [2.05, 4.69) is 15.6 Å². The van der Waals surface area contributed by atoms with Crippen LogP contribution in [0.15, 0.2) is 30.5 Å². The fraction of sp³-hybridized carbons (Fsp3) is 0.435. The number of anilines is 1. The smallest absolute Gasteiger partial charge is 0.380 e. The van der Waals surface area contributed by atoms with Crippen molar-refractivity contribution < 1.29 is 27.2 Å². The molecule has 1 aromatic heterocycles. The summed E-state index contributed by atoms with van der Waals surface area (Å²) in [5, 5.41) is 5.79. The average molecular weight is 497 g/mol. The van der Waals surface area contributed by atoms with Crippen molar-refractivity contribution in [2.24, 2.45) is 5.41 Å². The first-order chi connectivity index (χ1) is 16.1. The number of nitrogens with zero attached hydrogens (tertiary/aromatic N) is 2. The molecular formula is C23H21ClF4N4O2. The second-order valence-electron chi connectivity index (χ2n) is 9.15. The SMILES string of the molecule is O=C1CC2(CCN(C(c3ccc(NC4Cc5ccc(Cl)c(F)c5C4)cn3)C(F)(F)F)C2=O)CN1. The van der Waals surface area contributed by atoms with Gasteiger partial charge in [-0.25, -0.2) is 4.39 Å². The summed E-state index contributed by atoms with van der Waals surface area (Å²) in [4.78, 5) is 29.4. The van der Waals surface area contributed by atoms with Crippen molar-refractivity contribution in [1.82, 2.24) is 15.2 Å². The van der Waals surface area contributed by atoms with E-state index < -0.39 is 29.4 Å². The molecule has 3 heterocycles. The number of carbonyl (C=O) groups excluding carboxylic acids is 2. The highest BCUT2D eigenvalue weighted by Crippen LogP contribution is 2.46. The van der Waals surface area contributed by atoms with Gasteiger partial charge >= 0.3 is 6.18 Å². The van der Waals surface area contributed by atoms with E-state index in [9.17, 15) is 27.2 Å². The topological polar surface area (TPSA) is 74.3 Å². The van der Waals surface area contributed by atoms with Crippen molar-refractivity contribution in [2.75, 3.05) is 18.4 Å². The van der Waals surface area contributed by atoms with Crippen molar-refractivity contribution in [2.45, 2.75) is 43.9 Å². The van der Waals surface area contributed by atoms with Crippen molar-refractivity contribution >= 4 is 29.1 Å². The molecule has 180 valence electrons. The number of hydrogen-bond donors (Lipinski definition) is 2. The van der Waals surface area contributed by atoms with Gasteiger partial charge in [-0.3, -0.25) is 14.6 Å². The summed E-state index contributed by atoms with van der Waals surface area (Å²) in [7, 11) is 0. The number of fused-ring (bicyclic) bond motifs is 1. The van der Waals surface area contributed by atoms with Crippen LogP contribution in [0.3, 0.4) is 0 Å². The minimum Gasteiger partial charge on any atom is -0.380 e. The number of rotatable bonds is 4. The van der Waals surface area contributed by atoms with Crippen LogP contribution in [0.2, 0.25) is 5.02 Å². The van der Waals surface area contributed by atoms with E-state index in [1.807, 2.05) is 0 Å². The second kappa shape index (κ2) is 8.11. The van der Waals surface area contributed by atoms with Gasteiger partial charge in [-0.2, -0.15) is 13.2 Å². The Morgan fingerprint density at radius 1 is 1.21 bits per heavy atom. The predicted molar refractivity (Wildman–Crippen MR) is 116 cm³/mol. The number of amides is 2. The molecule has 0 bridgehead atoms. The number of halogens is 5. The third-order valence-corrected chi connectivity index (χ3v) is 7.23. The minimum atomic E-state index is -4.73. The molecule has 5 rings (SSSR count). The first-order valence-corrected chi connectivity index (χ1v) is 11.3. The van der Waals surface area contributed by atoms with Crippen molar-refractivity contribution in [3.05, 3.63) is 58.1 Å². The molecule has 3 atom stereocenters. The maximum atomic E-state index is 14.2. The zero-order valence-electron chi connectivity index (χ0n) is 17.9. The molecule has 2 amide bonds. The molecule has 2 aromatic rings. The Labute approximate surface area is 197 Å². The molecule has 11 heteroatoms. The maximum absolute atomic E-state index is 14.2. The highest BCUT2D eigenvalue weighted by atomic mass is 35.5. The van der Waals surface area contributed by atoms with E-state index in [1.165, 1.54) is 24.4 Å². The Bertz CT molecular complexity index is 1160. The lowest BCUT2D eigenvalue weighted by molar-refractivity contribution is -0.191. The van der Waals surface area contributed by atoms with Gasteiger partial charge in [0, 0.05) is 25.6 Å².